The molecule has 7 heteroatoms. The first kappa shape index (κ1) is 19.0. The molecule has 1 N–H and O–H groups in total. The fourth-order valence-corrected chi connectivity index (χ4v) is 4.71. The maximum absolute atomic E-state index is 12.5. The highest BCUT2D eigenvalue weighted by molar-refractivity contribution is 7.91. The fourth-order valence-electron chi connectivity index (χ4n) is 2.93. The Morgan fingerprint density at radius 2 is 2.20 bits per heavy atom. The summed E-state index contributed by atoms with van der Waals surface area (Å²) in [6.07, 6.45) is 2.71. The molecule has 1 saturated heterocycles. The Morgan fingerprint density at radius 3 is 2.76 bits per heavy atom. The van der Waals surface area contributed by atoms with Crippen LogP contribution in [0.3, 0.4) is 0 Å². The van der Waals surface area contributed by atoms with Gasteiger partial charge in [-0.25, -0.2) is 8.42 Å². The maximum atomic E-state index is 12.5. The topological polar surface area (TPSA) is 90.3 Å². The van der Waals surface area contributed by atoms with Crippen LogP contribution < -0.4 is 5.32 Å². The van der Waals surface area contributed by atoms with E-state index in [-0.39, 0.29) is 23.1 Å². The molecule has 1 heterocycles. The molecule has 1 atom stereocenters. The normalized spacial score (nSPS) is 19.3. The van der Waals surface area contributed by atoms with Crippen LogP contribution in [0.15, 0.2) is 30.0 Å². The van der Waals surface area contributed by atoms with Gasteiger partial charge in [-0.2, -0.15) is 5.26 Å². The standard InChI is InChI=1S/C18H23N3O3S/c1-4-14-7-5-6-13(2)17(14)20-18(22)15(10-19)11-21(3)16-8-9-25(23,24)12-16/h5-7,11,16H,4,8-9,12H2,1-3H3,(H,20,22)/b15-11-. The van der Waals surface area contributed by atoms with Crippen molar-refractivity contribution in [1.29, 1.82) is 5.26 Å². The number of nitrogens with zero attached hydrogens (tertiary/aromatic N) is 2. The molecule has 1 aromatic carbocycles. The number of benzene rings is 1. The summed E-state index contributed by atoms with van der Waals surface area (Å²) in [5, 5.41) is 12.2. The van der Waals surface area contributed by atoms with Crippen molar-refractivity contribution in [2.45, 2.75) is 32.7 Å². The molecule has 0 aliphatic carbocycles. The van der Waals surface area contributed by atoms with Crippen molar-refractivity contribution in [2.75, 3.05) is 23.9 Å². The molecule has 25 heavy (non-hydrogen) atoms. The van der Waals surface area contributed by atoms with Gasteiger partial charge in [0.25, 0.3) is 5.91 Å². The summed E-state index contributed by atoms with van der Waals surface area (Å²) in [5.41, 5.74) is 2.61. The van der Waals surface area contributed by atoms with Crippen LogP contribution in [0.1, 0.15) is 24.5 Å². The molecule has 2 rings (SSSR count). The monoisotopic (exact) mass is 361 g/mol. The lowest BCUT2D eigenvalue weighted by Crippen LogP contribution is -2.29. The summed E-state index contributed by atoms with van der Waals surface area (Å²) in [7, 11) is -1.33. The summed E-state index contributed by atoms with van der Waals surface area (Å²) in [6.45, 7) is 3.90. The highest BCUT2D eigenvalue weighted by Gasteiger charge is 2.30. The van der Waals surface area contributed by atoms with E-state index in [1.807, 2.05) is 38.1 Å². The van der Waals surface area contributed by atoms with Gasteiger partial charge >= 0.3 is 0 Å². The molecule has 6 nitrogen and oxygen atoms in total. The smallest absolute Gasteiger partial charge is 0.267 e. The van der Waals surface area contributed by atoms with Crippen molar-refractivity contribution in [2.24, 2.45) is 0 Å². The van der Waals surface area contributed by atoms with E-state index in [4.69, 9.17) is 0 Å². The molecular formula is C18H23N3O3S. The second-order valence-electron chi connectivity index (χ2n) is 6.29. The molecule has 0 bridgehead atoms. The quantitative estimate of drug-likeness (QED) is 0.640. The average molecular weight is 361 g/mol. The Bertz CT molecular complexity index is 838. The molecular weight excluding hydrogens is 338 g/mol. The number of anilines is 1. The van der Waals surface area contributed by atoms with Crippen LogP contribution in [0.2, 0.25) is 0 Å². The van der Waals surface area contributed by atoms with Gasteiger partial charge in [-0.1, -0.05) is 25.1 Å². The van der Waals surface area contributed by atoms with Crippen LogP contribution in [0.5, 0.6) is 0 Å². The molecule has 1 aliphatic heterocycles. The first-order chi connectivity index (χ1) is 11.8. The highest BCUT2D eigenvalue weighted by Crippen LogP contribution is 2.22. The number of amides is 1. The zero-order valence-corrected chi connectivity index (χ0v) is 15.6. The predicted octanol–water partition coefficient (Wildman–Crippen LogP) is 2.02. The molecule has 134 valence electrons. The maximum Gasteiger partial charge on any atom is 0.267 e. The van der Waals surface area contributed by atoms with Crippen LogP contribution in [-0.2, 0) is 21.1 Å². The lowest BCUT2D eigenvalue weighted by molar-refractivity contribution is -0.112. The van der Waals surface area contributed by atoms with E-state index in [1.54, 1.807) is 11.9 Å². The Labute approximate surface area is 149 Å². The largest absolute Gasteiger partial charge is 0.375 e. The Balaban J connectivity index is 2.18. The lowest BCUT2D eigenvalue weighted by Gasteiger charge is -2.21. The third-order valence-electron chi connectivity index (χ3n) is 4.46. The van der Waals surface area contributed by atoms with Crippen molar-refractivity contribution in [3.8, 4) is 6.07 Å². The number of hydrogen-bond acceptors (Lipinski definition) is 5. The van der Waals surface area contributed by atoms with Gasteiger partial charge in [0, 0.05) is 25.0 Å². The molecule has 1 aromatic rings. The molecule has 0 spiro atoms. The zero-order chi connectivity index (χ0) is 18.6. The molecule has 0 radical (unpaired) electrons. The molecule has 0 saturated carbocycles. The number of nitrogens with one attached hydrogen (secondary N) is 1. The van der Waals surface area contributed by atoms with Gasteiger partial charge in [0.1, 0.15) is 11.6 Å². The number of para-hydroxylation sites is 1. The third kappa shape index (κ3) is 4.60. The van der Waals surface area contributed by atoms with E-state index in [9.17, 15) is 18.5 Å². The minimum Gasteiger partial charge on any atom is -0.375 e. The lowest BCUT2D eigenvalue weighted by atomic mass is 10.1. The average Bonchev–Trinajstić information content (AvgIpc) is 2.94. The summed E-state index contributed by atoms with van der Waals surface area (Å²) < 4.78 is 23.2. The predicted molar refractivity (Wildman–Crippen MR) is 97.7 cm³/mol. The summed E-state index contributed by atoms with van der Waals surface area (Å²) >= 11 is 0. The van der Waals surface area contributed by atoms with Crippen molar-refractivity contribution in [3.05, 3.63) is 41.1 Å². The van der Waals surface area contributed by atoms with Gasteiger partial charge in [-0.05, 0) is 30.9 Å². The van der Waals surface area contributed by atoms with E-state index < -0.39 is 15.7 Å². The van der Waals surface area contributed by atoms with E-state index >= 15 is 0 Å². The number of hydrogen-bond donors (Lipinski definition) is 1. The van der Waals surface area contributed by atoms with Gasteiger partial charge < -0.3 is 10.2 Å². The second-order valence-corrected chi connectivity index (χ2v) is 8.52. The van der Waals surface area contributed by atoms with Crippen LogP contribution in [-0.4, -0.2) is 43.8 Å². The van der Waals surface area contributed by atoms with Gasteiger partial charge in [0.15, 0.2) is 9.84 Å². The molecule has 1 aliphatic rings. The Morgan fingerprint density at radius 1 is 1.48 bits per heavy atom. The Kier molecular flexibility index (Phi) is 5.85. The van der Waals surface area contributed by atoms with E-state index in [0.29, 0.717) is 6.42 Å². The fraction of sp³-hybridized carbons (Fsp3) is 0.444. The molecule has 0 aromatic heterocycles. The summed E-state index contributed by atoms with van der Waals surface area (Å²) in [4.78, 5) is 14.1. The third-order valence-corrected chi connectivity index (χ3v) is 6.21. The first-order valence-electron chi connectivity index (χ1n) is 8.21. The number of sulfone groups is 1. The number of aryl methyl sites for hydroxylation is 2. The van der Waals surface area contributed by atoms with Crippen LogP contribution in [0, 0.1) is 18.3 Å². The molecule has 1 amide bonds. The van der Waals surface area contributed by atoms with Gasteiger partial charge in [0.05, 0.1) is 11.5 Å². The number of rotatable bonds is 5. The Hall–Kier alpha value is -2.33. The number of nitriles is 1. The van der Waals surface area contributed by atoms with Crippen LogP contribution in [0.4, 0.5) is 5.69 Å². The van der Waals surface area contributed by atoms with Crippen molar-refractivity contribution >= 4 is 21.4 Å². The summed E-state index contributed by atoms with van der Waals surface area (Å²) in [5.74, 6) is -0.287. The van der Waals surface area contributed by atoms with Gasteiger partial charge in [-0.15, -0.1) is 0 Å². The van der Waals surface area contributed by atoms with E-state index in [1.165, 1.54) is 6.20 Å². The van der Waals surface area contributed by atoms with Crippen molar-refractivity contribution in [1.82, 2.24) is 4.90 Å². The van der Waals surface area contributed by atoms with Crippen molar-refractivity contribution < 1.29 is 13.2 Å². The second kappa shape index (κ2) is 7.70. The minimum atomic E-state index is -3.02. The summed E-state index contributed by atoms with van der Waals surface area (Å²) in [6, 6.07) is 7.48. The zero-order valence-electron chi connectivity index (χ0n) is 14.7. The van der Waals surface area contributed by atoms with Crippen LogP contribution in [0.25, 0.3) is 0 Å². The van der Waals surface area contributed by atoms with E-state index in [0.717, 1.165) is 23.2 Å². The van der Waals surface area contributed by atoms with E-state index in [2.05, 4.69) is 5.32 Å². The molecule has 1 unspecified atom stereocenters. The van der Waals surface area contributed by atoms with Crippen molar-refractivity contribution in [3.63, 3.8) is 0 Å². The molecule has 1 fully saturated rings. The van der Waals surface area contributed by atoms with Gasteiger partial charge in [-0.3, -0.25) is 4.79 Å². The van der Waals surface area contributed by atoms with Crippen LogP contribution >= 0.6 is 0 Å². The number of carbonyl (C=O) groups excluding carboxylic acids is 1. The van der Waals surface area contributed by atoms with Gasteiger partial charge in [0.2, 0.25) is 0 Å². The minimum absolute atomic E-state index is 0.0443. The number of carbonyl (C=O) groups is 1. The SMILES string of the molecule is CCc1cccc(C)c1NC(=O)/C(C#N)=C\N(C)C1CCS(=O)(=O)C1. The first-order valence-corrected chi connectivity index (χ1v) is 10.0. The highest BCUT2D eigenvalue weighted by atomic mass is 32.2.